The van der Waals surface area contributed by atoms with Gasteiger partial charge in [0.05, 0.1) is 37.7 Å². The van der Waals surface area contributed by atoms with Gasteiger partial charge in [-0.1, -0.05) is 11.6 Å². The molecule has 7 nitrogen and oxygen atoms in total. The SMILES string of the molecule is COC(=O)C1=C(C(=O)OC)N(c2cc(Cl)c(C)cc2C#N)COC1. The number of carbonyl (C=O) groups excluding carboxylic acids is 2. The lowest BCUT2D eigenvalue weighted by Gasteiger charge is -2.32. The van der Waals surface area contributed by atoms with Crippen LogP contribution in [0.5, 0.6) is 0 Å². The van der Waals surface area contributed by atoms with Crippen LogP contribution in [0, 0.1) is 18.3 Å². The minimum absolute atomic E-state index is 0.0104. The van der Waals surface area contributed by atoms with Gasteiger partial charge in [0.1, 0.15) is 18.5 Å². The molecule has 2 rings (SSSR count). The third kappa shape index (κ3) is 3.20. The Morgan fingerprint density at radius 3 is 2.54 bits per heavy atom. The van der Waals surface area contributed by atoms with E-state index in [2.05, 4.69) is 0 Å². The van der Waals surface area contributed by atoms with Gasteiger partial charge < -0.3 is 19.1 Å². The molecular formula is C16H15ClN2O5. The standard InChI is InChI=1S/C16H15ClN2O5/c1-9-4-10(6-18)13(5-12(9)17)19-8-24-7-11(15(20)22-2)14(19)16(21)23-3/h4-5H,7-8H2,1-3H3. The maximum absolute atomic E-state index is 12.2. The molecule has 0 radical (unpaired) electrons. The number of anilines is 1. The van der Waals surface area contributed by atoms with Crippen molar-refractivity contribution in [3.63, 3.8) is 0 Å². The number of hydrogen-bond donors (Lipinski definition) is 0. The Hall–Kier alpha value is -2.56. The van der Waals surface area contributed by atoms with E-state index in [-0.39, 0.29) is 30.2 Å². The fourth-order valence-electron chi connectivity index (χ4n) is 2.32. The van der Waals surface area contributed by atoms with E-state index in [1.54, 1.807) is 19.1 Å². The van der Waals surface area contributed by atoms with Gasteiger partial charge >= 0.3 is 11.9 Å². The van der Waals surface area contributed by atoms with Crippen molar-refractivity contribution in [3.05, 3.63) is 39.6 Å². The van der Waals surface area contributed by atoms with Crippen LogP contribution < -0.4 is 4.90 Å². The summed E-state index contributed by atoms with van der Waals surface area (Å²) in [5, 5.41) is 9.80. The highest BCUT2D eigenvalue weighted by Crippen LogP contribution is 2.33. The monoisotopic (exact) mass is 350 g/mol. The highest BCUT2D eigenvalue weighted by molar-refractivity contribution is 6.31. The lowest BCUT2D eigenvalue weighted by Crippen LogP contribution is -2.39. The number of ether oxygens (including phenoxy) is 3. The van der Waals surface area contributed by atoms with Crippen molar-refractivity contribution in [3.8, 4) is 6.07 Å². The van der Waals surface area contributed by atoms with Crippen LogP contribution in [0.25, 0.3) is 0 Å². The van der Waals surface area contributed by atoms with E-state index in [0.29, 0.717) is 16.3 Å². The fourth-order valence-corrected chi connectivity index (χ4v) is 2.48. The van der Waals surface area contributed by atoms with E-state index >= 15 is 0 Å². The summed E-state index contributed by atoms with van der Waals surface area (Å²) in [7, 11) is 2.40. The van der Waals surface area contributed by atoms with Crippen molar-refractivity contribution >= 4 is 29.2 Å². The number of nitriles is 1. The Morgan fingerprint density at radius 2 is 1.96 bits per heavy atom. The fraction of sp³-hybridized carbons (Fsp3) is 0.312. The van der Waals surface area contributed by atoms with Crippen molar-refractivity contribution in [2.24, 2.45) is 0 Å². The van der Waals surface area contributed by atoms with Gasteiger partial charge in [-0.25, -0.2) is 9.59 Å². The Labute approximate surface area is 144 Å². The number of aryl methyl sites for hydroxylation is 1. The summed E-state index contributed by atoms with van der Waals surface area (Å²) in [4.78, 5) is 25.6. The Balaban J connectivity index is 2.68. The van der Waals surface area contributed by atoms with Crippen LogP contribution in [0.4, 0.5) is 5.69 Å². The quantitative estimate of drug-likeness (QED) is 0.769. The molecule has 0 spiro atoms. The van der Waals surface area contributed by atoms with Crippen LogP contribution in [0.2, 0.25) is 5.02 Å². The maximum Gasteiger partial charge on any atom is 0.355 e. The van der Waals surface area contributed by atoms with Gasteiger partial charge in [0, 0.05) is 5.02 Å². The maximum atomic E-state index is 12.2. The van der Waals surface area contributed by atoms with Gasteiger partial charge in [-0.2, -0.15) is 5.26 Å². The molecule has 1 aromatic carbocycles. The average molecular weight is 351 g/mol. The van der Waals surface area contributed by atoms with Gasteiger partial charge in [-0.3, -0.25) is 0 Å². The van der Waals surface area contributed by atoms with Gasteiger partial charge in [0.25, 0.3) is 0 Å². The first kappa shape index (κ1) is 17.8. The lowest BCUT2D eigenvalue weighted by molar-refractivity contribution is -0.140. The molecule has 1 aliphatic heterocycles. The summed E-state index contributed by atoms with van der Waals surface area (Å²) in [5.41, 5.74) is 1.32. The number of rotatable bonds is 3. The Morgan fingerprint density at radius 1 is 1.29 bits per heavy atom. The Bertz CT molecular complexity index is 766. The zero-order chi connectivity index (χ0) is 17.9. The van der Waals surface area contributed by atoms with Crippen LogP contribution in [0.3, 0.4) is 0 Å². The topological polar surface area (TPSA) is 88.9 Å². The van der Waals surface area contributed by atoms with E-state index in [1.807, 2.05) is 6.07 Å². The van der Waals surface area contributed by atoms with E-state index in [4.69, 9.17) is 25.8 Å². The highest BCUT2D eigenvalue weighted by Gasteiger charge is 2.33. The van der Waals surface area contributed by atoms with Crippen LogP contribution in [-0.2, 0) is 23.8 Å². The second kappa shape index (κ2) is 7.34. The number of methoxy groups -OCH3 is 2. The minimum Gasteiger partial charge on any atom is -0.466 e. The molecule has 0 amide bonds. The molecule has 0 N–H and O–H groups in total. The number of nitrogens with zero attached hydrogens (tertiary/aromatic N) is 2. The summed E-state index contributed by atoms with van der Waals surface area (Å²) >= 11 is 6.15. The third-order valence-corrected chi connectivity index (χ3v) is 3.93. The molecule has 0 aliphatic carbocycles. The molecule has 24 heavy (non-hydrogen) atoms. The molecule has 0 aromatic heterocycles. The number of esters is 2. The predicted molar refractivity (Wildman–Crippen MR) is 85.3 cm³/mol. The number of halogens is 1. The molecule has 0 saturated carbocycles. The van der Waals surface area contributed by atoms with Crippen LogP contribution in [-0.4, -0.2) is 39.5 Å². The number of benzene rings is 1. The molecule has 0 unspecified atom stereocenters. The van der Waals surface area contributed by atoms with Crippen molar-refractivity contribution in [2.45, 2.75) is 6.92 Å². The second-order valence-corrected chi connectivity index (χ2v) is 5.35. The van der Waals surface area contributed by atoms with E-state index < -0.39 is 11.9 Å². The molecule has 0 saturated heterocycles. The lowest BCUT2D eigenvalue weighted by atomic mass is 10.1. The van der Waals surface area contributed by atoms with Gasteiger partial charge in [-0.05, 0) is 24.6 Å². The largest absolute Gasteiger partial charge is 0.466 e. The van der Waals surface area contributed by atoms with E-state index in [0.717, 1.165) is 0 Å². The van der Waals surface area contributed by atoms with Crippen molar-refractivity contribution < 1.29 is 23.8 Å². The average Bonchev–Trinajstić information content (AvgIpc) is 2.61. The molecule has 8 heteroatoms. The molecule has 1 aliphatic rings. The normalized spacial score (nSPS) is 14.2. The molecule has 0 atom stereocenters. The molecular weight excluding hydrogens is 336 g/mol. The summed E-state index contributed by atoms with van der Waals surface area (Å²) < 4.78 is 14.8. The summed E-state index contributed by atoms with van der Waals surface area (Å²) in [5.74, 6) is -1.45. The van der Waals surface area contributed by atoms with Crippen LogP contribution in [0.1, 0.15) is 11.1 Å². The second-order valence-electron chi connectivity index (χ2n) is 4.95. The van der Waals surface area contributed by atoms with E-state index in [1.165, 1.54) is 19.1 Å². The number of carbonyl (C=O) groups is 2. The number of hydrogen-bond acceptors (Lipinski definition) is 7. The first-order valence-corrected chi connectivity index (χ1v) is 7.27. The molecule has 1 aromatic rings. The highest BCUT2D eigenvalue weighted by atomic mass is 35.5. The zero-order valence-electron chi connectivity index (χ0n) is 13.4. The van der Waals surface area contributed by atoms with Crippen molar-refractivity contribution in [1.82, 2.24) is 0 Å². The van der Waals surface area contributed by atoms with E-state index in [9.17, 15) is 14.9 Å². The van der Waals surface area contributed by atoms with Crippen molar-refractivity contribution in [2.75, 3.05) is 32.5 Å². The van der Waals surface area contributed by atoms with Crippen LogP contribution >= 0.6 is 11.6 Å². The zero-order valence-corrected chi connectivity index (χ0v) is 14.1. The summed E-state index contributed by atoms with van der Waals surface area (Å²) in [6, 6.07) is 5.19. The first-order chi connectivity index (χ1) is 11.4. The Kier molecular flexibility index (Phi) is 5.44. The first-order valence-electron chi connectivity index (χ1n) is 6.89. The van der Waals surface area contributed by atoms with Gasteiger partial charge in [0.2, 0.25) is 0 Å². The van der Waals surface area contributed by atoms with Crippen LogP contribution in [0.15, 0.2) is 23.4 Å². The van der Waals surface area contributed by atoms with Crippen molar-refractivity contribution in [1.29, 1.82) is 5.26 Å². The molecule has 0 bridgehead atoms. The van der Waals surface area contributed by atoms with Gasteiger partial charge in [0.15, 0.2) is 0 Å². The minimum atomic E-state index is -0.737. The van der Waals surface area contributed by atoms with Gasteiger partial charge in [-0.15, -0.1) is 0 Å². The summed E-state index contributed by atoms with van der Waals surface area (Å²) in [6.45, 7) is 1.62. The predicted octanol–water partition coefficient (Wildman–Crippen LogP) is 1.91. The molecule has 126 valence electrons. The smallest absolute Gasteiger partial charge is 0.355 e. The summed E-state index contributed by atoms with van der Waals surface area (Å²) in [6.07, 6.45) is 0. The molecule has 1 heterocycles. The molecule has 0 fully saturated rings. The third-order valence-electron chi connectivity index (χ3n) is 3.52.